The molecule has 2 amide bonds. The van der Waals surface area contributed by atoms with Gasteiger partial charge in [0.25, 0.3) is 0 Å². The molecule has 1 aromatic heterocycles. The minimum atomic E-state index is -0.495. The highest BCUT2D eigenvalue weighted by molar-refractivity contribution is 7.99. The zero-order chi connectivity index (χ0) is 16.2. The van der Waals surface area contributed by atoms with E-state index in [-0.39, 0.29) is 24.4 Å². The van der Waals surface area contributed by atoms with Crippen molar-refractivity contribution in [2.24, 2.45) is 0 Å². The van der Waals surface area contributed by atoms with Gasteiger partial charge in [0.2, 0.25) is 0 Å². The Bertz CT molecular complexity index is 573. The number of aromatic amines is 1. The Kier molecular flexibility index (Phi) is 5.04. The first kappa shape index (κ1) is 16.1. The van der Waals surface area contributed by atoms with Crippen molar-refractivity contribution in [1.29, 1.82) is 0 Å². The van der Waals surface area contributed by atoms with Gasteiger partial charge in [-0.15, -0.1) is 5.10 Å². The lowest BCUT2D eigenvalue weighted by atomic mass is 10.1. The topological polar surface area (TPSA) is 91.4 Å². The number of likely N-dealkylation sites (tertiary alicyclic amines) is 1. The smallest absolute Gasteiger partial charge is 0.360 e. The summed E-state index contributed by atoms with van der Waals surface area (Å²) in [4.78, 5) is 28.5. The third-order valence-electron chi connectivity index (χ3n) is 4.14. The Balaban J connectivity index is 1.78. The summed E-state index contributed by atoms with van der Waals surface area (Å²) in [5, 5.41) is 10.5. The number of ether oxygens (including phenoxy) is 1. The lowest BCUT2D eigenvalue weighted by molar-refractivity contribution is 0.0515. The van der Waals surface area contributed by atoms with E-state index < -0.39 is 5.97 Å². The van der Waals surface area contributed by atoms with E-state index in [0.29, 0.717) is 12.2 Å². The Morgan fingerprint density at radius 3 is 2.83 bits per heavy atom. The molecule has 0 saturated carbocycles. The number of aromatic nitrogens is 3. The van der Waals surface area contributed by atoms with Crippen LogP contribution in [0.3, 0.4) is 0 Å². The highest BCUT2D eigenvalue weighted by Gasteiger charge is 2.37. The first-order valence-corrected chi connectivity index (χ1v) is 9.09. The highest BCUT2D eigenvalue weighted by Crippen LogP contribution is 2.33. The first-order chi connectivity index (χ1) is 11.2. The molecule has 0 aromatic carbocycles. The lowest BCUT2D eigenvalue weighted by Gasteiger charge is -2.33. The van der Waals surface area contributed by atoms with E-state index in [1.165, 1.54) is 0 Å². The van der Waals surface area contributed by atoms with Gasteiger partial charge in [-0.2, -0.15) is 22.1 Å². The Morgan fingerprint density at radius 2 is 2.09 bits per heavy atom. The van der Waals surface area contributed by atoms with E-state index in [9.17, 15) is 9.59 Å². The highest BCUT2D eigenvalue weighted by atomic mass is 32.2. The molecule has 0 radical (unpaired) electrons. The molecular formula is C14H21N5O3S. The van der Waals surface area contributed by atoms with Gasteiger partial charge in [-0.1, -0.05) is 0 Å². The SMILES string of the molecule is CCOC(=O)c1n[nH]nc1C1CCCN1C(=O)N1CCSCC1. The molecule has 1 N–H and O–H groups in total. The van der Waals surface area contributed by atoms with Crippen molar-refractivity contribution in [2.45, 2.75) is 25.8 Å². The van der Waals surface area contributed by atoms with E-state index in [1.807, 2.05) is 21.6 Å². The summed E-state index contributed by atoms with van der Waals surface area (Å²) in [6.07, 6.45) is 1.68. The fraction of sp³-hybridized carbons (Fsp3) is 0.714. The third kappa shape index (κ3) is 3.29. The van der Waals surface area contributed by atoms with Crippen molar-refractivity contribution in [3.63, 3.8) is 0 Å². The van der Waals surface area contributed by atoms with Crippen molar-refractivity contribution in [2.75, 3.05) is 37.7 Å². The number of hydrogen-bond donors (Lipinski definition) is 1. The predicted molar refractivity (Wildman–Crippen MR) is 85.3 cm³/mol. The van der Waals surface area contributed by atoms with Gasteiger partial charge in [0.15, 0.2) is 5.69 Å². The molecule has 3 heterocycles. The fourth-order valence-corrected chi connectivity index (χ4v) is 3.94. The molecule has 126 valence electrons. The van der Waals surface area contributed by atoms with Gasteiger partial charge in [0.05, 0.1) is 12.6 Å². The van der Waals surface area contributed by atoms with Gasteiger partial charge in [-0.25, -0.2) is 9.59 Å². The Morgan fingerprint density at radius 1 is 1.30 bits per heavy atom. The van der Waals surface area contributed by atoms with Crippen LogP contribution >= 0.6 is 11.8 Å². The molecule has 2 aliphatic heterocycles. The van der Waals surface area contributed by atoms with E-state index in [4.69, 9.17) is 4.74 Å². The Labute approximate surface area is 138 Å². The molecule has 2 fully saturated rings. The molecule has 0 bridgehead atoms. The van der Waals surface area contributed by atoms with Crippen LogP contribution in [-0.4, -0.2) is 75.0 Å². The number of thioether (sulfide) groups is 1. The standard InChI is InChI=1S/C14H21N5O3S/c1-2-22-13(20)12-11(15-17-16-12)10-4-3-5-19(10)14(21)18-6-8-23-9-7-18/h10H,2-9H2,1H3,(H,15,16,17). The monoisotopic (exact) mass is 339 g/mol. The number of nitrogens with one attached hydrogen (secondary N) is 1. The van der Waals surface area contributed by atoms with E-state index in [1.54, 1.807) is 6.92 Å². The molecule has 1 atom stereocenters. The quantitative estimate of drug-likeness (QED) is 0.834. The summed E-state index contributed by atoms with van der Waals surface area (Å²) in [6.45, 7) is 4.26. The largest absolute Gasteiger partial charge is 0.461 e. The lowest BCUT2D eigenvalue weighted by Crippen LogP contribution is -2.46. The molecule has 2 saturated heterocycles. The van der Waals surface area contributed by atoms with Gasteiger partial charge in [-0.3, -0.25) is 0 Å². The van der Waals surface area contributed by atoms with Crippen molar-refractivity contribution in [3.8, 4) is 0 Å². The summed E-state index contributed by atoms with van der Waals surface area (Å²) in [5.74, 6) is 1.45. The maximum absolute atomic E-state index is 12.8. The van der Waals surface area contributed by atoms with Crippen LogP contribution in [0.25, 0.3) is 0 Å². The van der Waals surface area contributed by atoms with E-state index >= 15 is 0 Å². The van der Waals surface area contributed by atoms with Crippen LogP contribution < -0.4 is 0 Å². The molecule has 3 rings (SSSR count). The summed E-state index contributed by atoms with van der Waals surface area (Å²) in [7, 11) is 0. The maximum atomic E-state index is 12.8. The molecule has 0 spiro atoms. The number of esters is 1. The molecular weight excluding hydrogens is 318 g/mol. The van der Waals surface area contributed by atoms with Crippen LogP contribution in [0.4, 0.5) is 4.79 Å². The zero-order valence-corrected chi connectivity index (χ0v) is 14.0. The van der Waals surface area contributed by atoms with Gasteiger partial charge in [-0.05, 0) is 19.8 Å². The van der Waals surface area contributed by atoms with E-state index in [2.05, 4.69) is 15.4 Å². The molecule has 23 heavy (non-hydrogen) atoms. The fourth-order valence-electron chi connectivity index (χ4n) is 3.04. The normalized spacial score (nSPS) is 21.5. The molecule has 1 aromatic rings. The third-order valence-corrected chi connectivity index (χ3v) is 5.08. The minimum Gasteiger partial charge on any atom is -0.461 e. The number of carbonyl (C=O) groups is 2. The van der Waals surface area contributed by atoms with Crippen LogP contribution in [0.1, 0.15) is 42.0 Å². The van der Waals surface area contributed by atoms with Crippen LogP contribution in [-0.2, 0) is 4.74 Å². The number of amides is 2. The number of rotatable bonds is 3. The van der Waals surface area contributed by atoms with Crippen LogP contribution in [0.15, 0.2) is 0 Å². The minimum absolute atomic E-state index is 0.0330. The van der Waals surface area contributed by atoms with Crippen molar-refractivity contribution < 1.29 is 14.3 Å². The van der Waals surface area contributed by atoms with Gasteiger partial charge in [0.1, 0.15) is 5.69 Å². The van der Waals surface area contributed by atoms with E-state index in [0.717, 1.165) is 37.4 Å². The second kappa shape index (κ2) is 7.20. The number of carbonyl (C=O) groups excluding carboxylic acids is 2. The van der Waals surface area contributed by atoms with Crippen LogP contribution in [0.5, 0.6) is 0 Å². The van der Waals surface area contributed by atoms with Crippen molar-refractivity contribution in [3.05, 3.63) is 11.4 Å². The number of nitrogens with zero attached hydrogens (tertiary/aromatic N) is 4. The Hall–Kier alpha value is -1.77. The van der Waals surface area contributed by atoms with Gasteiger partial charge < -0.3 is 14.5 Å². The molecule has 9 heteroatoms. The second-order valence-corrected chi connectivity index (χ2v) is 6.74. The van der Waals surface area contributed by atoms with Crippen molar-refractivity contribution in [1.82, 2.24) is 25.2 Å². The van der Waals surface area contributed by atoms with Crippen LogP contribution in [0, 0.1) is 0 Å². The summed E-state index contributed by atoms with van der Waals surface area (Å²) in [5.41, 5.74) is 0.700. The summed E-state index contributed by atoms with van der Waals surface area (Å²) in [6, 6.07) is -0.180. The number of H-pyrrole nitrogens is 1. The van der Waals surface area contributed by atoms with Gasteiger partial charge in [0, 0.05) is 31.1 Å². The van der Waals surface area contributed by atoms with Crippen molar-refractivity contribution >= 4 is 23.8 Å². The molecule has 2 aliphatic rings. The van der Waals surface area contributed by atoms with Crippen LogP contribution in [0.2, 0.25) is 0 Å². The average Bonchev–Trinajstić information content (AvgIpc) is 3.23. The predicted octanol–water partition coefficient (Wildman–Crippen LogP) is 1.29. The second-order valence-electron chi connectivity index (χ2n) is 5.51. The summed E-state index contributed by atoms with van der Waals surface area (Å²) >= 11 is 1.87. The number of urea groups is 1. The maximum Gasteiger partial charge on any atom is 0.360 e. The molecule has 1 unspecified atom stereocenters. The first-order valence-electron chi connectivity index (χ1n) is 7.93. The average molecular weight is 339 g/mol. The zero-order valence-electron chi connectivity index (χ0n) is 13.2. The molecule has 8 nitrogen and oxygen atoms in total. The summed E-state index contributed by atoms with van der Waals surface area (Å²) < 4.78 is 5.02. The molecule has 0 aliphatic carbocycles. The number of hydrogen-bond acceptors (Lipinski definition) is 6. The van der Waals surface area contributed by atoms with Gasteiger partial charge >= 0.3 is 12.0 Å².